The van der Waals surface area contributed by atoms with Crippen LogP contribution in [-0.2, 0) is 67.0 Å². The number of hydrogen-bond acceptors (Lipinski definition) is 16. The van der Waals surface area contributed by atoms with Gasteiger partial charge in [-0.2, -0.15) is 0 Å². The zero-order valence-corrected chi connectivity index (χ0v) is 65.2. The Bertz CT molecular complexity index is 2740. The highest BCUT2D eigenvalue weighted by Crippen LogP contribution is 2.29. The molecule has 572 valence electrons. The van der Waals surface area contributed by atoms with Crippen LogP contribution >= 0.6 is 0 Å². The molecule has 3 fully saturated rings. The first-order valence-electron chi connectivity index (χ1n) is 37.0. The highest BCUT2D eigenvalue weighted by atomic mass is 16.5. The van der Waals surface area contributed by atoms with Crippen molar-refractivity contribution < 1.29 is 72.1 Å². The van der Waals surface area contributed by atoms with E-state index in [9.17, 15) is 29.1 Å². The van der Waals surface area contributed by atoms with E-state index in [0.29, 0.717) is 26.1 Å². The second kappa shape index (κ2) is 41.2. The van der Waals surface area contributed by atoms with E-state index in [1.807, 2.05) is 41.5 Å². The Morgan fingerprint density at radius 1 is 0.550 bits per heavy atom. The quantitative estimate of drug-likeness (QED) is 0.1000. The van der Waals surface area contributed by atoms with Gasteiger partial charge in [-0.15, -0.1) is 0 Å². The standard InChI is InChI=1S/C74H131N11O15/c1-24-55-71(95)78(17)51(15)69(93)83(22)63(52(16)100-35-26-25-32-85-33-36-99-37-34-85)60(87)42-54(46(8)9)70(94)79(18)56(38-43(2)3)59(86)41-49(13)66(90)75-50(14)68(92)80(19)57(39-44(4)5)72(96)81(20)58(40-45(6)7)73(97)82(21)62(47(10)11)74(98)84(23)64(67(91)77-55)65(89)48(12)28-27-29-61(88)76-53-30-31-53/h43-58,62-65,89H,24-42H2,1-23H3,(H,75,90)(H,76,88)(H,77,91)/t48-,49-,50-,51-,52-,54+,55+,56+,57+,58+,62+,63+,64+,65-/m1/s1. The van der Waals surface area contributed by atoms with Gasteiger partial charge < -0.3 is 64.8 Å². The number of aliphatic hydroxyl groups is 1. The fourth-order valence-electron chi connectivity index (χ4n) is 13.7. The molecule has 14 atom stereocenters. The van der Waals surface area contributed by atoms with Gasteiger partial charge in [-0.05, 0) is 127 Å². The Labute approximate surface area is 598 Å². The average molecular weight is 1410 g/mol. The number of ether oxygens (including phenoxy) is 2. The van der Waals surface area contributed by atoms with E-state index in [-0.39, 0.29) is 87.7 Å². The molecule has 10 amide bonds. The summed E-state index contributed by atoms with van der Waals surface area (Å²) in [7, 11) is 10.0. The van der Waals surface area contributed by atoms with Gasteiger partial charge in [0.15, 0.2) is 11.6 Å². The third kappa shape index (κ3) is 25.4. The van der Waals surface area contributed by atoms with Crippen LogP contribution in [0.5, 0.6) is 0 Å². The van der Waals surface area contributed by atoms with Crippen LogP contribution in [0.1, 0.15) is 194 Å². The van der Waals surface area contributed by atoms with Crippen LogP contribution < -0.4 is 16.0 Å². The number of unbranched alkanes of at least 4 members (excludes halogenated alkanes) is 1. The molecule has 0 spiro atoms. The van der Waals surface area contributed by atoms with Crippen molar-refractivity contribution in [2.24, 2.45) is 47.3 Å². The van der Waals surface area contributed by atoms with Gasteiger partial charge in [-0.3, -0.25) is 62.4 Å². The predicted octanol–water partition coefficient (Wildman–Crippen LogP) is 4.79. The molecule has 4 N–H and O–H groups in total. The van der Waals surface area contributed by atoms with Crippen molar-refractivity contribution in [3.8, 4) is 0 Å². The molecule has 3 rings (SSSR count). The lowest BCUT2D eigenvalue weighted by atomic mass is 9.85. The lowest BCUT2D eigenvalue weighted by molar-refractivity contribution is -0.157. The summed E-state index contributed by atoms with van der Waals surface area (Å²) < 4.78 is 11.9. The van der Waals surface area contributed by atoms with Crippen LogP contribution in [0.15, 0.2) is 0 Å². The molecule has 0 aromatic carbocycles. The highest BCUT2D eigenvalue weighted by Gasteiger charge is 2.47. The van der Waals surface area contributed by atoms with Crippen LogP contribution in [0.2, 0.25) is 0 Å². The van der Waals surface area contributed by atoms with Crippen molar-refractivity contribution in [1.29, 1.82) is 0 Å². The summed E-state index contributed by atoms with van der Waals surface area (Å²) in [6.07, 6.45) is 1.18. The van der Waals surface area contributed by atoms with Crippen molar-refractivity contribution in [3.63, 3.8) is 0 Å². The molecular formula is C74H131N11O15. The fraction of sp³-hybridized carbons (Fsp3) is 0.838. The molecular weight excluding hydrogens is 1280 g/mol. The predicted molar refractivity (Wildman–Crippen MR) is 383 cm³/mol. The SMILES string of the molecule is CC[C@@H]1NC(=O)[C@H]([C@H](O)[C@H](C)CCCC(=O)NC2CC2)N(C)C(=O)[C@H](C(C)C)N(C)C(=O)[C@H](CC(C)C)N(C)C(=O)[C@H](CC(C)C)N(C)C(=O)[C@@H](C)NC(=O)[C@H](C)CC(=O)[C@H](CC(C)C)N(C)C(=O)[C@H](C(C)C)CC(=O)[C@H]([C@@H](C)OCCCCN2CCOCC2)N(C)C(=O)[C@@H](C)N(C)C1=O. The first-order chi connectivity index (χ1) is 46.6. The van der Waals surface area contributed by atoms with Crippen LogP contribution in [0.3, 0.4) is 0 Å². The number of ketones is 2. The second-order valence-corrected chi connectivity index (χ2v) is 31.1. The van der Waals surface area contributed by atoms with Crippen molar-refractivity contribution in [2.45, 2.75) is 267 Å². The molecule has 0 unspecified atom stereocenters. The van der Waals surface area contributed by atoms with Crippen molar-refractivity contribution in [2.75, 3.05) is 88.8 Å². The number of morpholine rings is 1. The Morgan fingerprint density at radius 2 is 1.06 bits per heavy atom. The summed E-state index contributed by atoms with van der Waals surface area (Å²) in [6.45, 7) is 31.8. The average Bonchev–Trinajstić information content (AvgIpc) is 0.920. The molecule has 0 aromatic heterocycles. The Kier molecular flexibility index (Phi) is 36.3. The Morgan fingerprint density at radius 3 is 1.58 bits per heavy atom. The summed E-state index contributed by atoms with van der Waals surface area (Å²) in [4.78, 5) is 188. The highest BCUT2D eigenvalue weighted by molar-refractivity contribution is 6.00. The van der Waals surface area contributed by atoms with Gasteiger partial charge in [0.1, 0.15) is 48.3 Å². The molecule has 26 nitrogen and oxygen atoms in total. The van der Waals surface area contributed by atoms with Gasteiger partial charge in [0, 0.05) is 106 Å². The molecule has 0 bridgehead atoms. The molecule has 2 saturated heterocycles. The van der Waals surface area contributed by atoms with Crippen molar-refractivity contribution >= 4 is 70.6 Å². The third-order valence-corrected chi connectivity index (χ3v) is 20.5. The first kappa shape index (κ1) is 88.1. The largest absolute Gasteiger partial charge is 0.390 e. The third-order valence-electron chi connectivity index (χ3n) is 20.5. The lowest BCUT2D eigenvalue weighted by Crippen LogP contribution is -2.64. The van der Waals surface area contributed by atoms with E-state index < -0.39 is 161 Å². The molecule has 1 saturated carbocycles. The Balaban J connectivity index is 2.31. The van der Waals surface area contributed by atoms with E-state index >= 15 is 33.6 Å². The van der Waals surface area contributed by atoms with Gasteiger partial charge in [-0.25, -0.2) is 0 Å². The number of hydrogen-bond donors (Lipinski definition) is 4. The van der Waals surface area contributed by atoms with Crippen LogP contribution in [-0.4, -0.2) is 276 Å². The summed E-state index contributed by atoms with van der Waals surface area (Å²) in [5.74, 6) is -11.4. The topological polar surface area (TPSA) is 306 Å². The van der Waals surface area contributed by atoms with Gasteiger partial charge >= 0.3 is 0 Å². The minimum Gasteiger partial charge on any atom is -0.390 e. The summed E-state index contributed by atoms with van der Waals surface area (Å²) in [5.41, 5.74) is 0. The minimum atomic E-state index is -1.70. The number of likely N-dealkylation sites (N-methyl/N-ethyl adjacent to an activating group) is 7. The summed E-state index contributed by atoms with van der Waals surface area (Å²) >= 11 is 0. The first-order valence-corrected chi connectivity index (χ1v) is 37.0. The smallest absolute Gasteiger partial charge is 0.246 e. The maximum Gasteiger partial charge on any atom is 0.246 e. The fourth-order valence-corrected chi connectivity index (χ4v) is 13.7. The number of Topliss-reactive ketones (excluding diaryl/α,β-unsaturated/α-hetero) is 2. The van der Waals surface area contributed by atoms with Crippen LogP contribution in [0.25, 0.3) is 0 Å². The lowest BCUT2D eigenvalue weighted by Gasteiger charge is -2.41. The van der Waals surface area contributed by atoms with Gasteiger partial charge in [-0.1, -0.05) is 90.0 Å². The van der Waals surface area contributed by atoms with Crippen molar-refractivity contribution in [3.05, 3.63) is 0 Å². The van der Waals surface area contributed by atoms with E-state index in [0.717, 1.165) is 48.7 Å². The van der Waals surface area contributed by atoms with Crippen LogP contribution in [0.4, 0.5) is 0 Å². The number of nitrogens with one attached hydrogen (secondary N) is 3. The second-order valence-electron chi connectivity index (χ2n) is 31.1. The monoisotopic (exact) mass is 1410 g/mol. The maximum absolute atomic E-state index is 15.5. The van der Waals surface area contributed by atoms with E-state index in [1.54, 1.807) is 55.4 Å². The normalized spacial score (nSPS) is 27.6. The number of nitrogens with zero attached hydrogens (tertiary/aromatic N) is 8. The zero-order valence-electron chi connectivity index (χ0n) is 65.2. The molecule has 0 radical (unpaired) electrons. The van der Waals surface area contributed by atoms with E-state index in [1.165, 1.54) is 87.7 Å². The summed E-state index contributed by atoms with van der Waals surface area (Å²) in [5, 5.41) is 21.0. The van der Waals surface area contributed by atoms with Crippen LogP contribution in [0, 0.1) is 47.3 Å². The van der Waals surface area contributed by atoms with E-state index in [4.69, 9.17) is 9.47 Å². The molecule has 2 aliphatic heterocycles. The molecule has 26 heteroatoms. The number of carbonyl (C=O) groups is 12. The number of amides is 10. The number of rotatable bonds is 23. The van der Waals surface area contributed by atoms with Gasteiger partial charge in [0.05, 0.1) is 31.5 Å². The maximum atomic E-state index is 15.5. The van der Waals surface area contributed by atoms with E-state index in [2.05, 4.69) is 20.9 Å². The number of aliphatic hydroxyl groups excluding tert-OH is 1. The molecule has 2 heterocycles. The zero-order chi connectivity index (χ0) is 76.1. The molecule has 1 aliphatic carbocycles. The molecule has 100 heavy (non-hydrogen) atoms. The van der Waals surface area contributed by atoms with Gasteiger partial charge in [0.25, 0.3) is 0 Å². The summed E-state index contributed by atoms with van der Waals surface area (Å²) in [6, 6.07) is -11.4. The minimum absolute atomic E-state index is 0.0254. The van der Waals surface area contributed by atoms with Crippen molar-refractivity contribution in [1.82, 2.24) is 55.1 Å². The Hall–Kier alpha value is -6.12. The molecule has 0 aromatic rings. The van der Waals surface area contributed by atoms with Gasteiger partial charge in [0.2, 0.25) is 59.1 Å². The molecule has 3 aliphatic rings. The number of carbonyl (C=O) groups excluding carboxylic acids is 12.